The number of rotatable bonds is 9. The quantitative estimate of drug-likeness (QED) is 0.165. The van der Waals surface area contributed by atoms with E-state index in [2.05, 4.69) is 0 Å². The van der Waals surface area contributed by atoms with Crippen LogP contribution < -0.4 is 0 Å². The van der Waals surface area contributed by atoms with Crippen molar-refractivity contribution in [3.8, 4) is 0 Å². The molecule has 0 fully saturated rings. The molecule has 0 bridgehead atoms. The number of hydrogen-bond acceptors (Lipinski definition) is 6. The maximum atomic E-state index is 11.2. The van der Waals surface area contributed by atoms with E-state index in [0.29, 0.717) is 36.0 Å². The number of carbonyl (C=O) groups excluding carboxylic acids is 3. The number of aliphatic hydroxyl groups is 3. The van der Waals surface area contributed by atoms with Crippen LogP contribution in [0.25, 0.3) is 0 Å². The zero-order chi connectivity index (χ0) is 31.7. The van der Waals surface area contributed by atoms with Crippen molar-refractivity contribution >= 4 is 17.3 Å². The van der Waals surface area contributed by atoms with Crippen molar-refractivity contribution in [2.24, 2.45) is 0 Å². The molecule has 0 spiro atoms. The summed E-state index contributed by atoms with van der Waals surface area (Å²) in [6.45, 7) is 9.03. The van der Waals surface area contributed by atoms with Crippen molar-refractivity contribution in [2.45, 2.75) is 60.8 Å². The van der Waals surface area contributed by atoms with Gasteiger partial charge in [0.05, 0.1) is 17.3 Å². The Labute approximate surface area is 266 Å². The van der Waals surface area contributed by atoms with E-state index in [1.54, 1.807) is 20.8 Å². The topological polar surface area (TPSA) is 112 Å². The van der Waals surface area contributed by atoms with E-state index < -0.39 is 0 Å². The summed E-state index contributed by atoms with van der Waals surface area (Å²) in [7, 11) is 0. The first-order chi connectivity index (χ1) is 19.8. The number of hydrogen-bond donors (Lipinski definition) is 3. The molecule has 0 atom stereocenters. The minimum Gasteiger partial charge on any atom is -0.512 e. The van der Waals surface area contributed by atoms with Crippen molar-refractivity contribution < 1.29 is 47.1 Å². The van der Waals surface area contributed by atoms with Gasteiger partial charge in [0.2, 0.25) is 0 Å². The zero-order valence-corrected chi connectivity index (χ0v) is 27.0. The summed E-state index contributed by atoms with van der Waals surface area (Å²) in [5, 5.41) is 27.9. The average molecular weight is 623 g/mol. The number of carbonyl (C=O) groups is 3. The Hall–Kier alpha value is -4.18. The second-order valence-electron chi connectivity index (χ2n) is 9.85. The van der Waals surface area contributed by atoms with Gasteiger partial charge in [-0.15, -0.1) is 0 Å². The van der Waals surface area contributed by atoms with E-state index in [9.17, 15) is 29.7 Å². The summed E-state index contributed by atoms with van der Waals surface area (Å²) in [5.41, 5.74) is 4.55. The zero-order valence-electron chi connectivity index (χ0n) is 25.8. The molecular weight excluding hydrogens is 580 g/mol. The van der Waals surface area contributed by atoms with Crippen LogP contribution in [0.5, 0.6) is 0 Å². The van der Waals surface area contributed by atoms with Crippen LogP contribution in [0.3, 0.4) is 0 Å². The van der Waals surface area contributed by atoms with E-state index in [4.69, 9.17) is 0 Å². The maximum absolute atomic E-state index is 11.2. The molecule has 3 rings (SSSR count). The van der Waals surface area contributed by atoms with Crippen molar-refractivity contribution in [3.63, 3.8) is 0 Å². The summed E-state index contributed by atoms with van der Waals surface area (Å²) < 4.78 is 0. The van der Waals surface area contributed by atoms with Crippen molar-refractivity contribution in [2.75, 3.05) is 0 Å². The fraction of sp³-hybridized carbons (Fsp3) is 0.250. The van der Waals surface area contributed by atoms with Gasteiger partial charge in [0.1, 0.15) is 0 Å². The first kappa shape index (κ1) is 38.8. The van der Waals surface area contributed by atoms with Gasteiger partial charge in [0.25, 0.3) is 0 Å². The van der Waals surface area contributed by atoms with E-state index in [1.807, 2.05) is 91.0 Å². The molecule has 0 aliphatic carbocycles. The molecule has 0 saturated carbocycles. The maximum Gasteiger partial charge on any atom is 0.159 e. The minimum atomic E-state index is -0.0751. The Morgan fingerprint density at radius 1 is 0.419 bits per heavy atom. The summed E-state index contributed by atoms with van der Waals surface area (Å²) >= 11 is 0. The summed E-state index contributed by atoms with van der Waals surface area (Å²) in [5.74, 6) is 0.112. The molecular formula is C36H42CrO6. The molecule has 0 unspecified atom stereocenters. The molecule has 7 heteroatoms. The van der Waals surface area contributed by atoms with Gasteiger partial charge < -0.3 is 15.3 Å². The average Bonchev–Trinajstić information content (AvgIpc) is 2.94. The Morgan fingerprint density at radius 2 is 0.605 bits per heavy atom. The Balaban J connectivity index is 0.000000608. The number of ketones is 3. The van der Waals surface area contributed by atoms with Crippen LogP contribution in [-0.2, 0) is 51.0 Å². The van der Waals surface area contributed by atoms with Crippen LogP contribution in [0, 0.1) is 0 Å². The van der Waals surface area contributed by atoms with Gasteiger partial charge in [-0.2, -0.15) is 0 Å². The van der Waals surface area contributed by atoms with E-state index in [0.717, 1.165) is 16.7 Å². The predicted octanol–water partition coefficient (Wildman–Crippen LogP) is 7.95. The molecule has 228 valence electrons. The molecule has 0 radical (unpaired) electrons. The molecule has 6 nitrogen and oxygen atoms in total. The summed E-state index contributed by atoms with van der Waals surface area (Å²) in [6, 6.07) is 28.9. The van der Waals surface area contributed by atoms with Crippen molar-refractivity contribution in [1.29, 1.82) is 0 Å². The van der Waals surface area contributed by atoms with E-state index in [1.165, 1.54) is 20.8 Å². The normalized spacial score (nSPS) is 11.9. The number of aliphatic hydroxyl groups excluding tert-OH is 3. The summed E-state index contributed by atoms with van der Waals surface area (Å²) in [6.07, 6.45) is 1.50. The van der Waals surface area contributed by atoms with Crippen LogP contribution in [0.2, 0.25) is 0 Å². The van der Waals surface area contributed by atoms with Crippen LogP contribution in [0.4, 0.5) is 0 Å². The Bertz CT molecular complexity index is 1220. The summed E-state index contributed by atoms with van der Waals surface area (Å²) in [4.78, 5) is 33.5. The standard InChI is InChI=1S/3C12H14O2.Cr/c3*1-9(13)12(10(2)14)8-11-6-4-3-5-7-11;/h3*3-7,13H,8H2,1-2H3;/b3*12-9-;. The SMILES string of the molecule is CC(=O)/C(Cc1ccccc1)=C(/C)O.CC(=O)/C(Cc1ccccc1)=C(/C)O.CC(=O)/C(Cc1ccccc1)=C(/C)O.[Cr]. The molecule has 0 amide bonds. The molecule has 3 aromatic rings. The van der Waals surface area contributed by atoms with Crippen molar-refractivity contribution in [3.05, 3.63) is 142 Å². The molecule has 0 aromatic heterocycles. The van der Waals surface area contributed by atoms with Gasteiger partial charge in [-0.1, -0.05) is 91.0 Å². The Morgan fingerprint density at radius 3 is 0.744 bits per heavy atom. The van der Waals surface area contributed by atoms with Crippen LogP contribution in [0.1, 0.15) is 58.2 Å². The third-order valence-electron chi connectivity index (χ3n) is 6.26. The number of allylic oxidation sites excluding steroid dienone is 6. The van der Waals surface area contributed by atoms with Gasteiger partial charge >= 0.3 is 0 Å². The second kappa shape index (κ2) is 20.7. The molecule has 3 N–H and O–H groups in total. The number of benzene rings is 3. The monoisotopic (exact) mass is 622 g/mol. The Kier molecular flexibility index (Phi) is 18.7. The van der Waals surface area contributed by atoms with Crippen LogP contribution in [0.15, 0.2) is 125 Å². The molecule has 0 aliphatic rings. The van der Waals surface area contributed by atoms with Crippen LogP contribution in [-0.4, -0.2) is 32.7 Å². The van der Waals surface area contributed by atoms with E-state index >= 15 is 0 Å². The first-order valence-corrected chi connectivity index (χ1v) is 13.6. The van der Waals surface area contributed by atoms with E-state index in [-0.39, 0.29) is 52.0 Å². The molecule has 0 saturated heterocycles. The van der Waals surface area contributed by atoms with Gasteiger partial charge in [0.15, 0.2) is 17.3 Å². The molecule has 0 aliphatic heterocycles. The predicted molar refractivity (Wildman–Crippen MR) is 168 cm³/mol. The van der Waals surface area contributed by atoms with Crippen molar-refractivity contribution in [1.82, 2.24) is 0 Å². The molecule has 0 heterocycles. The fourth-order valence-electron chi connectivity index (χ4n) is 3.92. The fourth-order valence-corrected chi connectivity index (χ4v) is 3.92. The number of Topliss-reactive ketones (excluding diaryl/α,β-unsaturated/α-hetero) is 3. The van der Waals surface area contributed by atoms with Gasteiger partial charge in [-0.05, 0) is 58.2 Å². The smallest absolute Gasteiger partial charge is 0.159 e. The third kappa shape index (κ3) is 15.6. The minimum absolute atomic E-state index is 0. The van der Waals surface area contributed by atoms with Crippen LogP contribution >= 0.6 is 0 Å². The third-order valence-corrected chi connectivity index (χ3v) is 6.26. The van der Waals surface area contributed by atoms with Gasteiger partial charge in [-0.3, -0.25) is 14.4 Å². The van der Waals surface area contributed by atoms with Gasteiger partial charge in [-0.25, -0.2) is 0 Å². The first-order valence-electron chi connectivity index (χ1n) is 13.6. The molecule has 3 aromatic carbocycles. The van der Waals surface area contributed by atoms with Gasteiger partial charge in [0, 0.05) is 53.3 Å². The second-order valence-corrected chi connectivity index (χ2v) is 9.85. The molecule has 43 heavy (non-hydrogen) atoms. The largest absolute Gasteiger partial charge is 0.512 e.